The Balaban J connectivity index is 1.68. The molecule has 8 heteroatoms. The summed E-state index contributed by atoms with van der Waals surface area (Å²) in [5, 5.41) is 11.2. The molecule has 6 nitrogen and oxygen atoms in total. The lowest BCUT2D eigenvalue weighted by Crippen LogP contribution is -2.45. The third kappa shape index (κ3) is 2.51. The number of carbonyl (C=O) groups excluding carboxylic acids is 1. The van der Waals surface area contributed by atoms with Gasteiger partial charge in [-0.2, -0.15) is 0 Å². The number of halogens is 2. The van der Waals surface area contributed by atoms with Crippen LogP contribution in [0, 0.1) is 11.3 Å². The Kier molecular flexibility index (Phi) is 3.94. The SMILES string of the molecule is O=C(c1[nH]c2ccc(Cl)cc2c1Cl)N1C[C@H]2COCC[C@@]2(C(=O)O)C1. The Bertz CT molecular complexity index is 881. The van der Waals surface area contributed by atoms with Crippen LogP contribution in [0.3, 0.4) is 0 Å². The van der Waals surface area contributed by atoms with Gasteiger partial charge in [-0.3, -0.25) is 9.59 Å². The van der Waals surface area contributed by atoms with Crippen molar-refractivity contribution in [3.05, 3.63) is 33.9 Å². The highest BCUT2D eigenvalue weighted by Crippen LogP contribution is 2.43. The summed E-state index contributed by atoms with van der Waals surface area (Å²) in [6.07, 6.45) is 0.410. The molecule has 1 aromatic carbocycles. The van der Waals surface area contributed by atoms with Gasteiger partial charge in [0.1, 0.15) is 5.69 Å². The fourth-order valence-corrected chi connectivity index (χ4v) is 4.35. The number of carboxylic acids is 1. The smallest absolute Gasteiger partial charge is 0.311 e. The van der Waals surface area contributed by atoms with E-state index < -0.39 is 11.4 Å². The van der Waals surface area contributed by atoms with Crippen LogP contribution in [-0.2, 0) is 9.53 Å². The molecule has 0 spiro atoms. The normalized spacial score (nSPS) is 26.0. The van der Waals surface area contributed by atoms with Gasteiger partial charge in [0.15, 0.2) is 0 Å². The van der Waals surface area contributed by atoms with Crippen molar-refractivity contribution in [2.75, 3.05) is 26.3 Å². The number of nitrogens with zero attached hydrogens (tertiary/aromatic N) is 1. The molecule has 0 saturated carbocycles. The standard InChI is InChI=1S/C17H16Cl2N2O4/c18-10-1-2-12-11(5-10)13(19)14(20-12)15(22)21-6-9-7-25-4-3-17(9,8-21)16(23)24/h1-2,5,9,20H,3-4,6-8H2,(H,23,24)/t9-,17+/m0/s1. The van der Waals surface area contributed by atoms with Crippen molar-refractivity contribution in [3.63, 3.8) is 0 Å². The highest BCUT2D eigenvalue weighted by molar-refractivity contribution is 6.39. The van der Waals surface area contributed by atoms with Gasteiger partial charge in [0.25, 0.3) is 5.91 Å². The molecule has 0 unspecified atom stereocenters. The van der Waals surface area contributed by atoms with Crippen molar-refractivity contribution in [1.82, 2.24) is 9.88 Å². The van der Waals surface area contributed by atoms with E-state index in [4.69, 9.17) is 27.9 Å². The Morgan fingerprint density at radius 1 is 1.36 bits per heavy atom. The number of fused-ring (bicyclic) bond motifs is 2. The van der Waals surface area contributed by atoms with E-state index in [1.54, 1.807) is 23.1 Å². The summed E-state index contributed by atoms with van der Waals surface area (Å²) in [4.78, 5) is 29.4. The molecule has 4 rings (SSSR count). The van der Waals surface area contributed by atoms with Crippen LogP contribution in [0.25, 0.3) is 10.9 Å². The average molecular weight is 383 g/mol. The van der Waals surface area contributed by atoms with Gasteiger partial charge in [-0.05, 0) is 24.6 Å². The zero-order valence-electron chi connectivity index (χ0n) is 13.2. The number of ether oxygens (including phenoxy) is 1. The van der Waals surface area contributed by atoms with Gasteiger partial charge in [-0.1, -0.05) is 23.2 Å². The number of carboxylic acid groups (broad SMARTS) is 1. The Morgan fingerprint density at radius 2 is 2.16 bits per heavy atom. The fraction of sp³-hybridized carbons (Fsp3) is 0.412. The number of likely N-dealkylation sites (tertiary alicyclic amines) is 1. The lowest BCUT2D eigenvalue weighted by Gasteiger charge is -2.33. The minimum absolute atomic E-state index is 0.168. The number of aliphatic carboxylic acids is 1. The Hall–Kier alpha value is -1.76. The predicted molar refractivity (Wildman–Crippen MR) is 93.2 cm³/mol. The highest BCUT2D eigenvalue weighted by atomic mass is 35.5. The molecule has 0 radical (unpaired) electrons. The molecule has 2 aromatic rings. The molecule has 2 aliphatic heterocycles. The van der Waals surface area contributed by atoms with E-state index in [9.17, 15) is 14.7 Å². The van der Waals surface area contributed by atoms with Gasteiger partial charge in [-0.25, -0.2) is 0 Å². The second-order valence-electron chi connectivity index (χ2n) is 6.67. The van der Waals surface area contributed by atoms with Crippen molar-refractivity contribution >= 4 is 46.0 Å². The first-order valence-corrected chi connectivity index (χ1v) is 8.75. The monoisotopic (exact) mass is 382 g/mol. The van der Waals surface area contributed by atoms with Crippen molar-refractivity contribution in [2.45, 2.75) is 6.42 Å². The van der Waals surface area contributed by atoms with Gasteiger partial charge in [0, 0.05) is 41.5 Å². The summed E-state index contributed by atoms with van der Waals surface area (Å²) < 4.78 is 5.43. The van der Waals surface area contributed by atoms with E-state index in [-0.39, 0.29) is 24.1 Å². The van der Waals surface area contributed by atoms with Crippen LogP contribution >= 0.6 is 23.2 Å². The molecule has 3 heterocycles. The molecule has 1 amide bonds. The van der Waals surface area contributed by atoms with Gasteiger partial charge in [0.2, 0.25) is 0 Å². The number of nitrogens with one attached hydrogen (secondary N) is 1. The van der Waals surface area contributed by atoms with Gasteiger partial charge in [0.05, 0.1) is 17.0 Å². The molecular weight excluding hydrogens is 367 g/mol. The van der Waals surface area contributed by atoms with Gasteiger partial charge < -0.3 is 19.7 Å². The van der Waals surface area contributed by atoms with Gasteiger partial charge in [-0.15, -0.1) is 0 Å². The topological polar surface area (TPSA) is 82.6 Å². The summed E-state index contributed by atoms with van der Waals surface area (Å²) in [5.41, 5.74) is 0.0417. The van der Waals surface area contributed by atoms with Crippen LogP contribution in [-0.4, -0.2) is 53.2 Å². The lowest BCUT2D eigenvalue weighted by molar-refractivity contribution is -0.157. The zero-order chi connectivity index (χ0) is 17.8. The van der Waals surface area contributed by atoms with E-state index in [0.29, 0.717) is 47.1 Å². The average Bonchev–Trinajstić information content (AvgIpc) is 3.14. The zero-order valence-corrected chi connectivity index (χ0v) is 14.7. The van der Waals surface area contributed by atoms with Crippen molar-refractivity contribution in [3.8, 4) is 0 Å². The summed E-state index contributed by atoms with van der Waals surface area (Å²) in [5.74, 6) is -1.38. The number of amides is 1. The molecular formula is C17H16Cl2N2O4. The molecule has 2 fully saturated rings. The van der Waals surface area contributed by atoms with Crippen LogP contribution < -0.4 is 0 Å². The number of hydrogen-bond acceptors (Lipinski definition) is 3. The predicted octanol–water partition coefficient (Wildman–Crippen LogP) is 3.04. The molecule has 0 bridgehead atoms. The van der Waals surface area contributed by atoms with Crippen molar-refractivity contribution in [1.29, 1.82) is 0 Å². The summed E-state index contributed by atoms with van der Waals surface area (Å²) in [7, 11) is 0. The lowest BCUT2D eigenvalue weighted by atomic mass is 9.74. The maximum Gasteiger partial charge on any atom is 0.311 e. The first-order valence-electron chi connectivity index (χ1n) is 7.99. The second kappa shape index (κ2) is 5.90. The van der Waals surface area contributed by atoms with E-state index in [1.807, 2.05) is 0 Å². The molecule has 2 saturated heterocycles. The van der Waals surface area contributed by atoms with Crippen LogP contribution in [0.5, 0.6) is 0 Å². The van der Waals surface area contributed by atoms with E-state index in [1.165, 1.54) is 0 Å². The fourth-order valence-electron chi connectivity index (χ4n) is 3.89. The first kappa shape index (κ1) is 16.7. The van der Waals surface area contributed by atoms with Crippen molar-refractivity contribution < 1.29 is 19.4 Å². The van der Waals surface area contributed by atoms with Crippen LogP contribution in [0.4, 0.5) is 0 Å². The number of H-pyrrole nitrogens is 1. The minimum atomic E-state index is -0.935. The van der Waals surface area contributed by atoms with Crippen LogP contribution in [0.15, 0.2) is 18.2 Å². The maximum absolute atomic E-state index is 13.0. The molecule has 2 atom stereocenters. The summed E-state index contributed by atoms with van der Waals surface area (Å²) in [6.45, 7) is 1.27. The molecule has 25 heavy (non-hydrogen) atoms. The van der Waals surface area contributed by atoms with Crippen LogP contribution in [0.2, 0.25) is 10.0 Å². The number of benzene rings is 1. The Morgan fingerprint density at radius 3 is 2.88 bits per heavy atom. The van der Waals surface area contributed by atoms with E-state index in [0.717, 1.165) is 0 Å². The summed E-state index contributed by atoms with van der Waals surface area (Å²) >= 11 is 12.4. The third-order valence-electron chi connectivity index (χ3n) is 5.33. The third-order valence-corrected chi connectivity index (χ3v) is 5.96. The number of aromatic amines is 1. The molecule has 2 N–H and O–H groups in total. The highest BCUT2D eigenvalue weighted by Gasteiger charge is 2.55. The second-order valence-corrected chi connectivity index (χ2v) is 7.49. The van der Waals surface area contributed by atoms with Crippen molar-refractivity contribution in [2.24, 2.45) is 11.3 Å². The van der Waals surface area contributed by atoms with Gasteiger partial charge >= 0.3 is 5.97 Å². The molecule has 1 aromatic heterocycles. The number of carbonyl (C=O) groups is 2. The maximum atomic E-state index is 13.0. The van der Waals surface area contributed by atoms with Crippen LogP contribution in [0.1, 0.15) is 16.9 Å². The largest absolute Gasteiger partial charge is 0.481 e. The number of aromatic nitrogens is 1. The molecule has 132 valence electrons. The summed E-state index contributed by atoms with van der Waals surface area (Å²) in [6, 6.07) is 5.17. The molecule has 0 aliphatic carbocycles. The number of hydrogen-bond donors (Lipinski definition) is 2. The van der Waals surface area contributed by atoms with E-state index in [2.05, 4.69) is 4.98 Å². The molecule has 2 aliphatic rings. The quantitative estimate of drug-likeness (QED) is 0.835. The van der Waals surface area contributed by atoms with E-state index >= 15 is 0 Å². The first-order chi connectivity index (χ1) is 11.9. The number of rotatable bonds is 2. The Labute approximate surface area is 153 Å². The minimum Gasteiger partial charge on any atom is -0.481 e.